The molecule has 0 aliphatic carbocycles. The molecule has 1 N–H and O–H groups in total. The molecular formula is C28H39NO6. The zero-order valence-corrected chi connectivity index (χ0v) is 21.3. The van der Waals surface area contributed by atoms with E-state index in [0.717, 1.165) is 23.3 Å². The number of rotatable bonds is 10. The quantitative estimate of drug-likeness (QED) is 0.489. The molecule has 0 spiro atoms. The average Bonchev–Trinajstić information content (AvgIpc) is 2.81. The van der Waals surface area contributed by atoms with Crippen molar-refractivity contribution in [2.24, 2.45) is 0 Å². The van der Waals surface area contributed by atoms with Gasteiger partial charge in [-0.05, 0) is 51.0 Å². The molecule has 1 heterocycles. The third-order valence-corrected chi connectivity index (χ3v) is 5.73. The van der Waals surface area contributed by atoms with Crippen LogP contribution >= 0.6 is 0 Å². The first-order valence-corrected chi connectivity index (χ1v) is 12.4. The average molecular weight is 486 g/mol. The molecule has 2 aromatic rings. The summed E-state index contributed by atoms with van der Waals surface area (Å²) in [5.41, 5.74) is 1.52. The number of ether oxygens (including phenoxy) is 4. The highest BCUT2D eigenvalue weighted by Crippen LogP contribution is 2.32. The highest BCUT2D eigenvalue weighted by atomic mass is 16.6. The van der Waals surface area contributed by atoms with Crippen molar-refractivity contribution in [1.82, 2.24) is 4.90 Å². The number of carbonyl (C=O) groups is 1. The lowest BCUT2D eigenvalue weighted by Gasteiger charge is -2.41. The van der Waals surface area contributed by atoms with E-state index in [1.54, 1.807) is 0 Å². The summed E-state index contributed by atoms with van der Waals surface area (Å²) in [6, 6.07) is 17.9. The van der Waals surface area contributed by atoms with Gasteiger partial charge in [0.15, 0.2) is 0 Å². The summed E-state index contributed by atoms with van der Waals surface area (Å²) in [5.74, 6) is 0.527. The van der Waals surface area contributed by atoms with Gasteiger partial charge in [0.25, 0.3) is 0 Å². The Morgan fingerprint density at radius 3 is 2.40 bits per heavy atom. The van der Waals surface area contributed by atoms with Crippen molar-refractivity contribution in [3.05, 3.63) is 65.7 Å². The predicted molar refractivity (Wildman–Crippen MR) is 135 cm³/mol. The maximum absolute atomic E-state index is 12.5. The molecule has 3 rings (SSSR count). The van der Waals surface area contributed by atoms with Crippen LogP contribution in [0.4, 0.5) is 4.79 Å². The maximum atomic E-state index is 12.5. The molecule has 1 aliphatic rings. The zero-order valence-electron chi connectivity index (χ0n) is 21.3. The number of carbonyl (C=O) groups excluding carboxylic acids is 1. The SMILES string of the molecule is CCO[C@@H]1CN(C(=O)OC(C)(C)C)C[C@H](O)[C@H]1c1ccc(OCCCOCc2ccccc2)cc1. The molecule has 0 radical (unpaired) electrons. The molecule has 7 heteroatoms. The molecule has 1 amide bonds. The Bertz CT molecular complexity index is 896. The van der Waals surface area contributed by atoms with Gasteiger partial charge in [-0.2, -0.15) is 0 Å². The van der Waals surface area contributed by atoms with Crippen LogP contribution in [0.25, 0.3) is 0 Å². The Kier molecular flexibility index (Phi) is 9.95. The van der Waals surface area contributed by atoms with Crippen molar-refractivity contribution in [2.75, 3.05) is 32.9 Å². The van der Waals surface area contributed by atoms with Gasteiger partial charge in [-0.25, -0.2) is 4.79 Å². The summed E-state index contributed by atoms with van der Waals surface area (Å²) in [6.45, 7) is 10.3. The van der Waals surface area contributed by atoms with Crippen molar-refractivity contribution < 1.29 is 28.8 Å². The maximum Gasteiger partial charge on any atom is 0.410 e. The zero-order chi connectivity index (χ0) is 25.3. The van der Waals surface area contributed by atoms with E-state index in [4.69, 9.17) is 18.9 Å². The topological polar surface area (TPSA) is 77.5 Å². The first kappa shape index (κ1) is 27.0. The molecule has 2 aromatic carbocycles. The van der Waals surface area contributed by atoms with Crippen molar-refractivity contribution in [2.45, 2.75) is 64.4 Å². The number of hydrogen-bond acceptors (Lipinski definition) is 6. The van der Waals surface area contributed by atoms with E-state index in [9.17, 15) is 9.90 Å². The molecule has 0 unspecified atom stereocenters. The van der Waals surface area contributed by atoms with Gasteiger partial charge in [0.1, 0.15) is 11.4 Å². The number of β-amino-alcohol motifs (C(OH)–C–C–N with tert-alkyl or cyclic N) is 1. The lowest BCUT2D eigenvalue weighted by molar-refractivity contribution is -0.0676. The van der Waals surface area contributed by atoms with Crippen molar-refractivity contribution in [3.63, 3.8) is 0 Å². The number of nitrogens with zero attached hydrogens (tertiary/aromatic N) is 1. The summed E-state index contributed by atoms with van der Waals surface area (Å²) in [4.78, 5) is 14.1. The first-order chi connectivity index (χ1) is 16.8. The molecule has 1 fully saturated rings. The summed E-state index contributed by atoms with van der Waals surface area (Å²) in [7, 11) is 0. The Morgan fingerprint density at radius 2 is 1.74 bits per heavy atom. The van der Waals surface area contributed by atoms with Crippen molar-refractivity contribution in [1.29, 1.82) is 0 Å². The van der Waals surface area contributed by atoms with E-state index in [0.29, 0.717) is 33.0 Å². The molecule has 1 aliphatic heterocycles. The van der Waals surface area contributed by atoms with Crippen LogP contribution in [0.2, 0.25) is 0 Å². The minimum atomic E-state index is -0.763. The van der Waals surface area contributed by atoms with Crippen molar-refractivity contribution in [3.8, 4) is 5.75 Å². The van der Waals surface area contributed by atoms with Crippen LogP contribution < -0.4 is 4.74 Å². The smallest absolute Gasteiger partial charge is 0.410 e. The first-order valence-electron chi connectivity index (χ1n) is 12.4. The van der Waals surface area contributed by atoms with Crippen molar-refractivity contribution >= 4 is 6.09 Å². The summed E-state index contributed by atoms with van der Waals surface area (Å²) in [6.07, 6.45) is -0.731. The van der Waals surface area contributed by atoms with Crippen LogP contribution in [0.15, 0.2) is 54.6 Å². The number of likely N-dealkylation sites (tertiary alicyclic amines) is 1. The number of piperidine rings is 1. The summed E-state index contributed by atoms with van der Waals surface area (Å²) in [5, 5.41) is 10.9. The molecule has 0 aromatic heterocycles. The highest BCUT2D eigenvalue weighted by Gasteiger charge is 2.40. The molecule has 3 atom stereocenters. The van der Waals surface area contributed by atoms with Crippen LogP contribution in [-0.4, -0.2) is 66.8 Å². The monoisotopic (exact) mass is 485 g/mol. The fraction of sp³-hybridized carbons (Fsp3) is 0.536. The normalized spacial score (nSPS) is 20.5. The molecule has 7 nitrogen and oxygen atoms in total. The number of aliphatic hydroxyl groups excluding tert-OH is 1. The van der Waals surface area contributed by atoms with Gasteiger partial charge in [-0.1, -0.05) is 42.5 Å². The van der Waals surface area contributed by atoms with Gasteiger partial charge in [0, 0.05) is 18.9 Å². The lowest BCUT2D eigenvalue weighted by Crippen LogP contribution is -2.54. The van der Waals surface area contributed by atoms with E-state index in [1.165, 1.54) is 4.90 Å². The number of hydrogen-bond donors (Lipinski definition) is 1. The minimum absolute atomic E-state index is 0.199. The fourth-order valence-electron chi connectivity index (χ4n) is 4.18. The summed E-state index contributed by atoms with van der Waals surface area (Å²) < 4.78 is 23.0. The Labute approximate surface area is 208 Å². The number of aliphatic hydroxyl groups is 1. The van der Waals surface area contributed by atoms with E-state index >= 15 is 0 Å². The Hall–Kier alpha value is -2.61. The molecule has 192 valence electrons. The van der Waals surface area contributed by atoms with Crippen LogP contribution in [0.3, 0.4) is 0 Å². The highest BCUT2D eigenvalue weighted by molar-refractivity contribution is 5.68. The molecule has 0 bridgehead atoms. The van der Waals surface area contributed by atoms with Gasteiger partial charge in [0.2, 0.25) is 0 Å². The van der Waals surface area contributed by atoms with Gasteiger partial charge >= 0.3 is 6.09 Å². The fourth-order valence-corrected chi connectivity index (χ4v) is 4.18. The standard InChI is InChI=1S/C28H39NO6/c1-5-33-25-19-29(27(31)35-28(2,3)4)18-24(30)26(25)22-12-14-23(15-13-22)34-17-9-16-32-20-21-10-7-6-8-11-21/h6-8,10-15,24-26,30H,5,9,16-20H2,1-4H3/t24-,25+,26+/m0/s1. The number of amides is 1. The van der Waals surface area contributed by atoms with Crippen LogP contribution in [0, 0.1) is 0 Å². The van der Waals surface area contributed by atoms with Gasteiger partial charge in [-0.15, -0.1) is 0 Å². The van der Waals surface area contributed by atoms with Gasteiger partial charge < -0.3 is 29.0 Å². The molecule has 35 heavy (non-hydrogen) atoms. The van der Waals surface area contributed by atoms with Crippen LogP contribution in [-0.2, 0) is 20.8 Å². The van der Waals surface area contributed by atoms with E-state index < -0.39 is 17.8 Å². The minimum Gasteiger partial charge on any atom is -0.494 e. The Morgan fingerprint density at radius 1 is 1.03 bits per heavy atom. The third kappa shape index (κ3) is 8.53. The molecule has 0 saturated carbocycles. The lowest BCUT2D eigenvalue weighted by atomic mass is 9.84. The number of benzene rings is 2. The van der Waals surface area contributed by atoms with Gasteiger partial charge in [-0.3, -0.25) is 0 Å². The van der Waals surface area contributed by atoms with Gasteiger partial charge in [0.05, 0.1) is 45.1 Å². The second-order valence-corrected chi connectivity index (χ2v) is 9.78. The van der Waals surface area contributed by atoms with E-state index in [-0.39, 0.29) is 18.6 Å². The van der Waals surface area contributed by atoms with E-state index in [1.807, 2.05) is 82.3 Å². The summed E-state index contributed by atoms with van der Waals surface area (Å²) >= 11 is 0. The molecular weight excluding hydrogens is 446 g/mol. The molecule has 1 saturated heterocycles. The van der Waals surface area contributed by atoms with Crippen LogP contribution in [0.1, 0.15) is 51.2 Å². The predicted octanol–water partition coefficient (Wildman–Crippen LogP) is 4.77. The Balaban J connectivity index is 1.49. The van der Waals surface area contributed by atoms with E-state index in [2.05, 4.69) is 0 Å². The largest absolute Gasteiger partial charge is 0.494 e. The third-order valence-electron chi connectivity index (χ3n) is 5.73. The van der Waals surface area contributed by atoms with Crippen LogP contribution in [0.5, 0.6) is 5.75 Å². The second kappa shape index (κ2) is 12.9. The second-order valence-electron chi connectivity index (χ2n) is 9.78.